The zero-order valence-electron chi connectivity index (χ0n) is 13.0. The van der Waals surface area contributed by atoms with Crippen LogP contribution in [0.15, 0.2) is 41.7 Å². The number of hydrogen-bond acceptors (Lipinski definition) is 2. The second kappa shape index (κ2) is 8.17. The first-order chi connectivity index (χ1) is 10.7. The quantitative estimate of drug-likeness (QED) is 0.486. The first-order valence-corrected chi connectivity index (χ1v) is 7.34. The Bertz CT molecular complexity index is 621. The van der Waals surface area contributed by atoms with E-state index in [4.69, 9.17) is 0 Å². The van der Waals surface area contributed by atoms with Crippen LogP contribution < -0.4 is 10.6 Å². The van der Waals surface area contributed by atoms with Gasteiger partial charge in [-0.3, -0.25) is 9.67 Å². The Labute approximate surface area is 130 Å². The Morgan fingerprint density at radius 2 is 2.14 bits per heavy atom. The molecular formula is C16H22FN5. The van der Waals surface area contributed by atoms with Crippen LogP contribution in [0.1, 0.15) is 17.5 Å². The average molecular weight is 303 g/mol. The number of guanidine groups is 1. The Balaban J connectivity index is 1.70. The first-order valence-electron chi connectivity index (χ1n) is 7.34. The van der Waals surface area contributed by atoms with E-state index in [9.17, 15) is 4.39 Å². The number of nitrogens with zero attached hydrogens (tertiary/aromatic N) is 3. The molecule has 0 saturated carbocycles. The van der Waals surface area contributed by atoms with Crippen LogP contribution in [0.2, 0.25) is 0 Å². The molecule has 2 aromatic rings. The molecule has 1 aromatic carbocycles. The molecule has 5 nitrogen and oxygen atoms in total. The van der Waals surface area contributed by atoms with Gasteiger partial charge in [0.25, 0.3) is 0 Å². The van der Waals surface area contributed by atoms with Crippen LogP contribution in [-0.2, 0) is 20.0 Å². The fourth-order valence-electron chi connectivity index (χ4n) is 2.14. The molecule has 0 aliphatic carbocycles. The van der Waals surface area contributed by atoms with Gasteiger partial charge in [0.1, 0.15) is 5.82 Å². The standard InChI is InChI=1S/C16H22FN5/c1-18-16(20-11-14-7-3-4-8-15(14)17)19-9-5-6-13-10-21-22(2)12-13/h3-4,7-8,10,12H,5-6,9,11H2,1-2H3,(H2,18,19,20). The van der Waals surface area contributed by atoms with Crippen molar-refractivity contribution in [3.05, 3.63) is 53.6 Å². The molecule has 22 heavy (non-hydrogen) atoms. The maximum Gasteiger partial charge on any atom is 0.191 e. The molecule has 0 amide bonds. The molecule has 0 aliphatic heterocycles. The second-order valence-electron chi connectivity index (χ2n) is 5.07. The number of hydrogen-bond donors (Lipinski definition) is 2. The summed E-state index contributed by atoms with van der Waals surface area (Å²) in [4.78, 5) is 4.14. The largest absolute Gasteiger partial charge is 0.356 e. The van der Waals surface area contributed by atoms with Crippen LogP contribution in [0.5, 0.6) is 0 Å². The van der Waals surface area contributed by atoms with Gasteiger partial charge in [-0.25, -0.2) is 4.39 Å². The number of nitrogens with one attached hydrogen (secondary N) is 2. The Hall–Kier alpha value is -2.37. The molecule has 0 radical (unpaired) electrons. The van der Waals surface area contributed by atoms with Gasteiger partial charge in [-0.15, -0.1) is 0 Å². The number of halogens is 1. The van der Waals surface area contributed by atoms with Crippen LogP contribution in [0.4, 0.5) is 4.39 Å². The fourth-order valence-corrected chi connectivity index (χ4v) is 2.14. The minimum atomic E-state index is -0.206. The van der Waals surface area contributed by atoms with Crippen molar-refractivity contribution in [3.63, 3.8) is 0 Å². The summed E-state index contributed by atoms with van der Waals surface area (Å²) < 4.78 is 15.3. The first kappa shape index (κ1) is 16.0. The molecule has 0 atom stereocenters. The van der Waals surface area contributed by atoms with Gasteiger partial charge in [-0.05, 0) is 24.5 Å². The zero-order chi connectivity index (χ0) is 15.8. The molecular weight excluding hydrogens is 281 g/mol. The van der Waals surface area contributed by atoms with Gasteiger partial charge in [-0.1, -0.05) is 18.2 Å². The predicted molar refractivity (Wildman–Crippen MR) is 86.1 cm³/mol. The lowest BCUT2D eigenvalue weighted by molar-refractivity contribution is 0.604. The van der Waals surface area contributed by atoms with Crippen molar-refractivity contribution in [1.29, 1.82) is 0 Å². The molecule has 2 N–H and O–H groups in total. The fraction of sp³-hybridized carbons (Fsp3) is 0.375. The highest BCUT2D eigenvalue weighted by molar-refractivity contribution is 5.79. The van der Waals surface area contributed by atoms with Gasteiger partial charge in [0.05, 0.1) is 6.20 Å². The van der Waals surface area contributed by atoms with Gasteiger partial charge in [0, 0.05) is 38.9 Å². The van der Waals surface area contributed by atoms with Gasteiger partial charge < -0.3 is 10.6 Å². The molecule has 0 fully saturated rings. The summed E-state index contributed by atoms with van der Waals surface area (Å²) in [7, 11) is 3.62. The van der Waals surface area contributed by atoms with E-state index in [1.54, 1.807) is 23.9 Å². The maximum absolute atomic E-state index is 13.5. The third-order valence-electron chi connectivity index (χ3n) is 3.32. The molecule has 118 valence electrons. The van der Waals surface area contributed by atoms with E-state index in [1.165, 1.54) is 11.6 Å². The topological polar surface area (TPSA) is 54.2 Å². The maximum atomic E-state index is 13.5. The smallest absolute Gasteiger partial charge is 0.191 e. The van der Waals surface area contributed by atoms with Crippen molar-refractivity contribution >= 4 is 5.96 Å². The monoisotopic (exact) mass is 303 g/mol. The summed E-state index contributed by atoms with van der Waals surface area (Å²) in [5, 5.41) is 10.5. The van der Waals surface area contributed by atoms with E-state index in [1.807, 2.05) is 25.5 Å². The van der Waals surface area contributed by atoms with Crippen LogP contribution in [0.3, 0.4) is 0 Å². The Morgan fingerprint density at radius 3 is 2.82 bits per heavy atom. The van der Waals surface area contributed by atoms with Crippen LogP contribution in [0, 0.1) is 5.82 Å². The third-order valence-corrected chi connectivity index (χ3v) is 3.32. The number of aryl methyl sites for hydroxylation is 2. The van der Waals surface area contributed by atoms with Crippen molar-refractivity contribution in [1.82, 2.24) is 20.4 Å². The van der Waals surface area contributed by atoms with Crippen LogP contribution in [-0.4, -0.2) is 29.3 Å². The van der Waals surface area contributed by atoms with Crippen LogP contribution >= 0.6 is 0 Å². The summed E-state index contributed by atoms with van der Waals surface area (Å²) >= 11 is 0. The van der Waals surface area contributed by atoms with Gasteiger partial charge >= 0.3 is 0 Å². The molecule has 1 heterocycles. The van der Waals surface area contributed by atoms with E-state index >= 15 is 0 Å². The summed E-state index contributed by atoms with van der Waals surface area (Å²) in [5.41, 5.74) is 1.85. The molecule has 0 unspecified atom stereocenters. The van der Waals surface area contributed by atoms with E-state index < -0.39 is 0 Å². The number of benzene rings is 1. The lowest BCUT2D eigenvalue weighted by Crippen LogP contribution is -2.37. The third kappa shape index (κ3) is 4.87. The SMILES string of the molecule is CN=C(NCCCc1cnn(C)c1)NCc1ccccc1F. The van der Waals surface area contributed by atoms with Crippen molar-refractivity contribution in [3.8, 4) is 0 Å². The second-order valence-corrected chi connectivity index (χ2v) is 5.07. The van der Waals surface area contributed by atoms with E-state index in [2.05, 4.69) is 20.7 Å². The minimum Gasteiger partial charge on any atom is -0.356 e. The summed E-state index contributed by atoms with van der Waals surface area (Å²) in [5.74, 6) is 0.469. The van der Waals surface area contributed by atoms with Crippen molar-refractivity contribution in [2.24, 2.45) is 12.0 Å². The molecule has 0 saturated heterocycles. The molecule has 0 bridgehead atoms. The van der Waals surface area contributed by atoms with Crippen molar-refractivity contribution in [2.45, 2.75) is 19.4 Å². The highest BCUT2D eigenvalue weighted by atomic mass is 19.1. The van der Waals surface area contributed by atoms with Crippen LogP contribution in [0.25, 0.3) is 0 Å². The predicted octanol–water partition coefficient (Wildman–Crippen LogP) is 1.86. The van der Waals surface area contributed by atoms with E-state index in [0.717, 1.165) is 19.4 Å². The number of rotatable bonds is 6. The molecule has 2 rings (SSSR count). The van der Waals surface area contributed by atoms with Crippen molar-refractivity contribution < 1.29 is 4.39 Å². The summed E-state index contributed by atoms with van der Waals surface area (Å²) in [6, 6.07) is 6.73. The summed E-state index contributed by atoms with van der Waals surface area (Å²) in [6.45, 7) is 1.21. The molecule has 1 aromatic heterocycles. The molecule has 0 aliphatic rings. The van der Waals surface area contributed by atoms with Gasteiger partial charge in [-0.2, -0.15) is 5.10 Å². The van der Waals surface area contributed by atoms with E-state index in [-0.39, 0.29) is 5.82 Å². The highest BCUT2D eigenvalue weighted by Crippen LogP contribution is 2.05. The minimum absolute atomic E-state index is 0.206. The number of aliphatic imine (C=N–C) groups is 1. The van der Waals surface area contributed by atoms with Gasteiger partial charge in [0.2, 0.25) is 0 Å². The normalized spacial score (nSPS) is 11.5. The van der Waals surface area contributed by atoms with Crippen molar-refractivity contribution in [2.75, 3.05) is 13.6 Å². The highest BCUT2D eigenvalue weighted by Gasteiger charge is 2.02. The number of aromatic nitrogens is 2. The molecule has 0 spiro atoms. The lowest BCUT2D eigenvalue weighted by atomic mass is 10.2. The van der Waals surface area contributed by atoms with Gasteiger partial charge in [0.15, 0.2) is 5.96 Å². The molecule has 6 heteroatoms. The van der Waals surface area contributed by atoms with E-state index in [0.29, 0.717) is 18.1 Å². The zero-order valence-corrected chi connectivity index (χ0v) is 13.0. The Kier molecular flexibility index (Phi) is 5.94. The lowest BCUT2D eigenvalue weighted by Gasteiger charge is -2.12. The Morgan fingerprint density at radius 1 is 1.32 bits per heavy atom. The summed E-state index contributed by atoms with van der Waals surface area (Å²) in [6.07, 6.45) is 5.84. The average Bonchev–Trinajstić information content (AvgIpc) is 2.93.